The average Bonchev–Trinajstić information content (AvgIpc) is 2.96. The van der Waals surface area contributed by atoms with E-state index in [1.807, 2.05) is 35.1 Å². The first kappa shape index (κ1) is 16.6. The first-order valence-electron chi connectivity index (χ1n) is 7.19. The number of nitrogens with zero attached hydrogens (tertiary/aromatic N) is 2. The lowest BCUT2D eigenvalue weighted by Crippen LogP contribution is -2.08. The van der Waals surface area contributed by atoms with Gasteiger partial charge in [0.2, 0.25) is 0 Å². The van der Waals surface area contributed by atoms with E-state index in [0.717, 1.165) is 34.1 Å². The molecule has 0 unspecified atom stereocenters. The minimum absolute atomic E-state index is 0.478. The molecule has 0 bridgehead atoms. The molecule has 2 rings (SSSR count). The van der Waals surface area contributed by atoms with Crippen LogP contribution in [0.3, 0.4) is 0 Å². The molecule has 2 aromatic rings. The van der Waals surface area contributed by atoms with Gasteiger partial charge in [-0.2, -0.15) is 5.10 Å². The highest BCUT2D eigenvalue weighted by Crippen LogP contribution is 2.25. The number of aromatic nitrogens is 2. The minimum Gasteiger partial charge on any atom is -0.487 e. The lowest BCUT2D eigenvalue weighted by molar-refractivity contribution is 0.297. The Balaban J connectivity index is 2.00. The van der Waals surface area contributed by atoms with E-state index in [4.69, 9.17) is 4.74 Å². The third-order valence-electron chi connectivity index (χ3n) is 3.53. The second-order valence-corrected chi connectivity index (χ2v) is 6.35. The van der Waals surface area contributed by atoms with E-state index in [9.17, 15) is 0 Å². The molecule has 1 heterocycles. The standard InChI is InChI=1S/C16H20Br2N2O/c1-3-14(4-2)20-8-7-13(19-20)11-21-15-5-6-16(18)12(9-15)10-17/h5-9,14H,3-4,10-11H2,1-2H3. The molecule has 1 aromatic heterocycles. The predicted molar refractivity (Wildman–Crippen MR) is 93.0 cm³/mol. The zero-order chi connectivity index (χ0) is 15.2. The van der Waals surface area contributed by atoms with Crippen molar-refractivity contribution in [1.29, 1.82) is 0 Å². The predicted octanol–water partition coefficient (Wildman–Crippen LogP) is 5.48. The van der Waals surface area contributed by atoms with Crippen LogP contribution in [0.5, 0.6) is 5.75 Å². The van der Waals surface area contributed by atoms with Gasteiger partial charge in [0.15, 0.2) is 0 Å². The normalized spacial score (nSPS) is 11.1. The SMILES string of the molecule is CCC(CC)n1ccc(COc2ccc(Br)c(CBr)c2)n1. The van der Waals surface area contributed by atoms with Crippen LogP contribution in [0.15, 0.2) is 34.9 Å². The number of halogens is 2. The van der Waals surface area contributed by atoms with Crippen molar-refractivity contribution in [3.63, 3.8) is 0 Å². The third kappa shape index (κ3) is 4.33. The lowest BCUT2D eigenvalue weighted by Gasteiger charge is -2.12. The highest BCUT2D eigenvalue weighted by Gasteiger charge is 2.08. The molecular formula is C16H20Br2N2O. The Bertz CT molecular complexity index is 579. The lowest BCUT2D eigenvalue weighted by atomic mass is 10.2. The third-order valence-corrected chi connectivity index (χ3v) is 4.91. The molecule has 0 atom stereocenters. The molecular weight excluding hydrogens is 396 g/mol. The van der Waals surface area contributed by atoms with Gasteiger partial charge in [0.25, 0.3) is 0 Å². The molecule has 0 spiro atoms. The Morgan fingerprint density at radius 2 is 2.00 bits per heavy atom. The van der Waals surface area contributed by atoms with Crippen molar-refractivity contribution in [2.45, 2.75) is 44.7 Å². The number of hydrogen-bond donors (Lipinski definition) is 0. The maximum absolute atomic E-state index is 5.83. The van der Waals surface area contributed by atoms with Gasteiger partial charge in [0, 0.05) is 16.0 Å². The van der Waals surface area contributed by atoms with E-state index in [0.29, 0.717) is 12.6 Å². The summed E-state index contributed by atoms with van der Waals surface area (Å²) in [6.07, 6.45) is 4.24. The van der Waals surface area contributed by atoms with Gasteiger partial charge in [-0.25, -0.2) is 0 Å². The highest BCUT2D eigenvalue weighted by atomic mass is 79.9. The molecule has 5 heteroatoms. The van der Waals surface area contributed by atoms with Crippen LogP contribution in [0.4, 0.5) is 0 Å². The zero-order valence-corrected chi connectivity index (χ0v) is 15.5. The van der Waals surface area contributed by atoms with Gasteiger partial charge in [-0.15, -0.1) is 0 Å². The Morgan fingerprint density at radius 3 is 2.67 bits per heavy atom. The number of hydrogen-bond acceptors (Lipinski definition) is 2. The van der Waals surface area contributed by atoms with Crippen LogP contribution in [0, 0.1) is 0 Å². The molecule has 0 saturated carbocycles. The summed E-state index contributed by atoms with van der Waals surface area (Å²) in [5, 5.41) is 5.40. The maximum Gasteiger partial charge on any atom is 0.132 e. The van der Waals surface area contributed by atoms with Crippen LogP contribution in [0.1, 0.15) is 44.0 Å². The van der Waals surface area contributed by atoms with Gasteiger partial charge >= 0.3 is 0 Å². The summed E-state index contributed by atoms with van der Waals surface area (Å²) in [5.41, 5.74) is 2.14. The van der Waals surface area contributed by atoms with Crippen molar-refractivity contribution < 1.29 is 4.74 Å². The molecule has 0 fully saturated rings. The largest absolute Gasteiger partial charge is 0.487 e. The summed E-state index contributed by atoms with van der Waals surface area (Å²) in [4.78, 5) is 0. The van der Waals surface area contributed by atoms with E-state index in [-0.39, 0.29) is 0 Å². The summed E-state index contributed by atoms with van der Waals surface area (Å²) in [7, 11) is 0. The van der Waals surface area contributed by atoms with Crippen LogP contribution in [-0.2, 0) is 11.9 Å². The van der Waals surface area contributed by atoms with Crippen molar-refractivity contribution in [3.05, 3.63) is 46.2 Å². The fourth-order valence-electron chi connectivity index (χ4n) is 2.22. The second kappa shape index (κ2) is 7.99. The zero-order valence-electron chi connectivity index (χ0n) is 12.4. The number of rotatable bonds is 7. The van der Waals surface area contributed by atoms with Crippen LogP contribution in [0.2, 0.25) is 0 Å². The average molecular weight is 416 g/mol. The van der Waals surface area contributed by atoms with Crippen LogP contribution in [0.25, 0.3) is 0 Å². The number of alkyl halides is 1. The molecule has 0 saturated heterocycles. The Hall–Kier alpha value is -0.810. The van der Waals surface area contributed by atoms with Gasteiger partial charge in [-0.05, 0) is 42.7 Å². The monoisotopic (exact) mass is 414 g/mol. The van der Waals surface area contributed by atoms with E-state index in [1.54, 1.807) is 0 Å². The van der Waals surface area contributed by atoms with E-state index < -0.39 is 0 Å². The minimum atomic E-state index is 0.478. The summed E-state index contributed by atoms with van der Waals surface area (Å²) in [6, 6.07) is 8.52. The summed E-state index contributed by atoms with van der Waals surface area (Å²) < 4.78 is 8.97. The second-order valence-electron chi connectivity index (χ2n) is 4.93. The van der Waals surface area contributed by atoms with Gasteiger partial charge in [0.05, 0.1) is 11.7 Å². The molecule has 0 amide bonds. The quantitative estimate of drug-likeness (QED) is 0.559. The first-order valence-corrected chi connectivity index (χ1v) is 9.10. The van der Waals surface area contributed by atoms with Crippen molar-refractivity contribution in [2.75, 3.05) is 0 Å². The van der Waals surface area contributed by atoms with E-state index in [2.05, 4.69) is 50.8 Å². The van der Waals surface area contributed by atoms with Crippen molar-refractivity contribution >= 4 is 31.9 Å². The van der Waals surface area contributed by atoms with Gasteiger partial charge in [0.1, 0.15) is 12.4 Å². The molecule has 1 aromatic carbocycles. The smallest absolute Gasteiger partial charge is 0.132 e. The maximum atomic E-state index is 5.83. The molecule has 0 radical (unpaired) electrons. The molecule has 3 nitrogen and oxygen atoms in total. The summed E-state index contributed by atoms with van der Waals surface area (Å²) in [5.74, 6) is 0.865. The number of ether oxygens (including phenoxy) is 1. The Labute approximate surface area is 142 Å². The molecule has 0 aliphatic heterocycles. The van der Waals surface area contributed by atoms with Crippen LogP contribution >= 0.6 is 31.9 Å². The van der Waals surface area contributed by atoms with Crippen molar-refractivity contribution in [2.24, 2.45) is 0 Å². The summed E-state index contributed by atoms with van der Waals surface area (Å²) >= 11 is 6.99. The van der Waals surface area contributed by atoms with Gasteiger partial charge in [-0.1, -0.05) is 45.7 Å². The number of benzene rings is 1. The topological polar surface area (TPSA) is 27.1 Å². The van der Waals surface area contributed by atoms with Crippen LogP contribution < -0.4 is 4.74 Å². The molecule has 0 aliphatic carbocycles. The molecule has 0 N–H and O–H groups in total. The fraction of sp³-hybridized carbons (Fsp3) is 0.438. The molecule has 0 aliphatic rings. The summed E-state index contributed by atoms with van der Waals surface area (Å²) in [6.45, 7) is 4.88. The molecule has 114 valence electrons. The Morgan fingerprint density at radius 1 is 1.24 bits per heavy atom. The van der Waals surface area contributed by atoms with E-state index >= 15 is 0 Å². The van der Waals surface area contributed by atoms with Crippen molar-refractivity contribution in [1.82, 2.24) is 9.78 Å². The Kier molecular flexibility index (Phi) is 6.30. The molecule has 21 heavy (non-hydrogen) atoms. The van der Waals surface area contributed by atoms with Gasteiger partial charge < -0.3 is 4.74 Å². The van der Waals surface area contributed by atoms with Crippen LogP contribution in [-0.4, -0.2) is 9.78 Å². The van der Waals surface area contributed by atoms with Gasteiger partial charge in [-0.3, -0.25) is 4.68 Å². The van der Waals surface area contributed by atoms with E-state index in [1.165, 1.54) is 5.56 Å². The first-order chi connectivity index (χ1) is 10.2. The fourth-order valence-corrected chi connectivity index (χ4v) is 3.45. The highest BCUT2D eigenvalue weighted by molar-refractivity contribution is 9.10. The van der Waals surface area contributed by atoms with Crippen molar-refractivity contribution in [3.8, 4) is 5.75 Å².